The first-order valence-electron chi connectivity index (χ1n) is 7.65. The van der Waals surface area contributed by atoms with Crippen LogP contribution in [0.5, 0.6) is 0 Å². The summed E-state index contributed by atoms with van der Waals surface area (Å²) in [4.78, 5) is 21.6. The van der Waals surface area contributed by atoms with Crippen LogP contribution in [0.2, 0.25) is 0 Å². The highest BCUT2D eigenvalue weighted by Gasteiger charge is 2.17. The lowest BCUT2D eigenvalue weighted by atomic mass is 10.3. The second-order valence-corrected chi connectivity index (χ2v) is 7.30. The molecule has 0 atom stereocenters. The monoisotopic (exact) mass is 374 g/mol. The number of carbonyl (C=O) groups is 2. The summed E-state index contributed by atoms with van der Waals surface area (Å²) in [6.07, 6.45) is 2.47. The van der Waals surface area contributed by atoms with Gasteiger partial charge in [0.05, 0.1) is 9.79 Å². The molecule has 0 aromatic heterocycles. The summed E-state index contributed by atoms with van der Waals surface area (Å²) in [7, 11) is -3.67. The Bertz CT molecular complexity index is 917. The molecule has 0 aliphatic carbocycles. The third-order valence-corrected chi connectivity index (χ3v) is 5.12. The highest BCUT2D eigenvalue weighted by atomic mass is 32.2. The highest BCUT2D eigenvalue weighted by Crippen LogP contribution is 2.23. The Labute approximate surface area is 151 Å². The lowest BCUT2D eigenvalue weighted by Gasteiger charge is -2.08. The number of nitrogens with one attached hydrogen (secondary N) is 2. The van der Waals surface area contributed by atoms with Crippen molar-refractivity contribution in [2.45, 2.75) is 16.7 Å². The van der Waals surface area contributed by atoms with Gasteiger partial charge in [0.15, 0.2) is 0 Å². The smallest absolute Gasteiger partial charge is 0.328 e. The average Bonchev–Trinajstić information content (AvgIpc) is 2.59. The summed E-state index contributed by atoms with van der Waals surface area (Å²) in [5, 5.41) is 14.0. The molecule has 0 saturated carbocycles. The van der Waals surface area contributed by atoms with E-state index < -0.39 is 15.8 Å². The van der Waals surface area contributed by atoms with E-state index in [1.807, 2.05) is 0 Å². The maximum absolute atomic E-state index is 12.6. The van der Waals surface area contributed by atoms with Gasteiger partial charge in [0.1, 0.15) is 0 Å². The van der Waals surface area contributed by atoms with Crippen LogP contribution in [0.4, 0.5) is 11.4 Å². The Hall–Kier alpha value is -3.13. The van der Waals surface area contributed by atoms with Crippen LogP contribution in [-0.2, 0) is 19.4 Å². The number of sulfone groups is 1. The number of hydrogen-bond acceptors (Lipinski definition) is 5. The normalized spacial score (nSPS) is 11.3. The number of aliphatic carboxylic acids is 1. The zero-order valence-corrected chi connectivity index (χ0v) is 14.8. The molecule has 0 radical (unpaired) electrons. The Morgan fingerprint density at radius 1 is 0.962 bits per heavy atom. The van der Waals surface area contributed by atoms with E-state index in [2.05, 4.69) is 10.6 Å². The standard InChI is InChI=1S/C18H18N2O5S/c1-13(21)20-15-6-10-17(11-7-15)26(24,25)16-8-4-14(5-9-16)19-12-2-3-18(22)23/h2-11,19H,12H2,1H3,(H,20,21)(H,22,23)/b3-2-. The number of anilines is 2. The maximum atomic E-state index is 12.6. The molecular formula is C18H18N2O5S. The number of amides is 1. The van der Waals surface area contributed by atoms with Gasteiger partial charge in [0.2, 0.25) is 15.7 Å². The number of hydrogen-bond donors (Lipinski definition) is 3. The van der Waals surface area contributed by atoms with Gasteiger partial charge in [0, 0.05) is 30.9 Å². The quantitative estimate of drug-likeness (QED) is 0.642. The third kappa shape index (κ3) is 5.18. The fraction of sp³-hybridized carbons (Fsp3) is 0.111. The molecule has 26 heavy (non-hydrogen) atoms. The largest absolute Gasteiger partial charge is 0.478 e. The van der Waals surface area contributed by atoms with Crippen molar-refractivity contribution in [3.8, 4) is 0 Å². The van der Waals surface area contributed by atoms with E-state index in [1.54, 1.807) is 12.1 Å². The van der Waals surface area contributed by atoms with Crippen LogP contribution >= 0.6 is 0 Å². The predicted octanol–water partition coefficient (Wildman–Crippen LogP) is 2.53. The topological polar surface area (TPSA) is 113 Å². The summed E-state index contributed by atoms with van der Waals surface area (Å²) in [5.41, 5.74) is 1.19. The molecule has 0 aliphatic rings. The van der Waals surface area contributed by atoms with Crippen molar-refractivity contribution >= 4 is 33.1 Å². The van der Waals surface area contributed by atoms with Crippen molar-refractivity contribution < 1.29 is 23.1 Å². The summed E-state index contributed by atoms with van der Waals surface area (Å²) >= 11 is 0. The highest BCUT2D eigenvalue weighted by molar-refractivity contribution is 7.91. The third-order valence-electron chi connectivity index (χ3n) is 3.33. The molecule has 2 aromatic rings. The van der Waals surface area contributed by atoms with Gasteiger partial charge in [-0.05, 0) is 48.5 Å². The molecule has 0 bridgehead atoms. The summed E-state index contributed by atoms with van der Waals surface area (Å²) in [5.74, 6) is -1.26. The molecular weight excluding hydrogens is 356 g/mol. The fourth-order valence-electron chi connectivity index (χ4n) is 2.15. The van der Waals surface area contributed by atoms with Crippen molar-refractivity contribution in [2.24, 2.45) is 0 Å². The number of benzene rings is 2. The Kier molecular flexibility index (Phi) is 6.13. The molecule has 2 aromatic carbocycles. The van der Waals surface area contributed by atoms with Crippen molar-refractivity contribution in [1.29, 1.82) is 0 Å². The first-order chi connectivity index (χ1) is 12.3. The van der Waals surface area contributed by atoms with E-state index in [9.17, 15) is 18.0 Å². The van der Waals surface area contributed by atoms with E-state index in [4.69, 9.17) is 5.11 Å². The first-order valence-corrected chi connectivity index (χ1v) is 9.13. The minimum Gasteiger partial charge on any atom is -0.478 e. The van der Waals surface area contributed by atoms with Gasteiger partial charge >= 0.3 is 5.97 Å². The molecule has 0 heterocycles. The molecule has 3 N–H and O–H groups in total. The first kappa shape index (κ1) is 19.2. The molecule has 136 valence electrons. The summed E-state index contributed by atoms with van der Waals surface area (Å²) < 4.78 is 25.3. The molecule has 1 amide bonds. The van der Waals surface area contributed by atoms with Gasteiger partial charge in [0.25, 0.3) is 0 Å². The van der Waals surface area contributed by atoms with Crippen LogP contribution in [0.3, 0.4) is 0 Å². The Morgan fingerprint density at radius 2 is 1.46 bits per heavy atom. The van der Waals surface area contributed by atoms with Gasteiger partial charge in [-0.25, -0.2) is 13.2 Å². The lowest BCUT2D eigenvalue weighted by molar-refractivity contribution is -0.131. The molecule has 0 fully saturated rings. The van der Waals surface area contributed by atoms with Crippen molar-refractivity contribution in [1.82, 2.24) is 0 Å². The van der Waals surface area contributed by atoms with Gasteiger partial charge in [-0.1, -0.05) is 6.08 Å². The van der Waals surface area contributed by atoms with Crippen LogP contribution < -0.4 is 10.6 Å². The number of carbonyl (C=O) groups excluding carboxylic acids is 1. The predicted molar refractivity (Wildman–Crippen MR) is 97.9 cm³/mol. The summed E-state index contributed by atoms with van der Waals surface area (Å²) in [6.45, 7) is 1.68. The SMILES string of the molecule is CC(=O)Nc1ccc(S(=O)(=O)c2ccc(NC/C=C\C(=O)O)cc2)cc1. The van der Waals surface area contributed by atoms with Crippen LogP contribution in [0.15, 0.2) is 70.5 Å². The lowest BCUT2D eigenvalue weighted by Crippen LogP contribution is -2.06. The second-order valence-electron chi connectivity index (χ2n) is 5.35. The van der Waals surface area contributed by atoms with Crippen LogP contribution in [-0.4, -0.2) is 31.9 Å². The zero-order chi connectivity index (χ0) is 19.2. The molecule has 2 rings (SSSR count). The van der Waals surface area contributed by atoms with Crippen molar-refractivity contribution in [2.75, 3.05) is 17.2 Å². The minimum absolute atomic E-state index is 0.122. The molecule has 8 heteroatoms. The summed E-state index contributed by atoms with van der Waals surface area (Å²) in [6, 6.07) is 12.1. The van der Waals surface area contributed by atoms with Gasteiger partial charge in [-0.2, -0.15) is 0 Å². The Balaban J connectivity index is 2.11. The number of carboxylic acid groups (broad SMARTS) is 1. The number of rotatable bonds is 7. The zero-order valence-electron chi connectivity index (χ0n) is 14.0. The van der Waals surface area contributed by atoms with E-state index in [0.717, 1.165) is 6.08 Å². The fourth-order valence-corrected chi connectivity index (χ4v) is 3.41. The maximum Gasteiger partial charge on any atom is 0.328 e. The minimum atomic E-state index is -3.67. The van der Waals surface area contributed by atoms with E-state index >= 15 is 0 Å². The van der Waals surface area contributed by atoms with Crippen molar-refractivity contribution in [3.63, 3.8) is 0 Å². The van der Waals surface area contributed by atoms with Crippen LogP contribution in [0.1, 0.15) is 6.92 Å². The molecule has 0 spiro atoms. The van der Waals surface area contributed by atoms with Crippen LogP contribution in [0.25, 0.3) is 0 Å². The molecule has 7 nitrogen and oxygen atoms in total. The van der Waals surface area contributed by atoms with Gasteiger partial charge < -0.3 is 15.7 Å². The number of carboxylic acids is 1. The van der Waals surface area contributed by atoms with E-state index in [-0.39, 0.29) is 15.7 Å². The van der Waals surface area contributed by atoms with E-state index in [1.165, 1.54) is 49.4 Å². The van der Waals surface area contributed by atoms with Crippen molar-refractivity contribution in [3.05, 3.63) is 60.7 Å². The molecule has 0 saturated heterocycles. The Morgan fingerprint density at radius 3 is 1.92 bits per heavy atom. The van der Waals surface area contributed by atoms with E-state index in [0.29, 0.717) is 17.9 Å². The van der Waals surface area contributed by atoms with Gasteiger partial charge in [-0.15, -0.1) is 0 Å². The molecule has 0 unspecified atom stereocenters. The average molecular weight is 374 g/mol. The van der Waals surface area contributed by atoms with Crippen LogP contribution in [0, 0.1) is 0 Å². The molecule has 0 aliphatic heterocycles. The second kappa shape index (κ2) is 8.30. The van der Waals surface area contributed by atoms with Gasteiger partial charge in [-0.3, -0.25) is 4.79 Å².